The van der Waals surface area contributed by atoms with E-state index in [0.29, 0.717) is 5.56 Å². The van der Waals surface area contributed by atoms with E-state index in [2.05, 4.69) is 11.9 Å². The predicted octanol–water partition coefficient (Wildman–Crippen LogP) is 5.05. The van der Waals surface area contributed by atoms with Crippen LogP contribution in [0.25, 0.3) is 0 Å². The Bertz CT molecular complexity index is 623. The lowest BCUT2D eigenvalue weighted by Crippen LogP contribution is -2.19. The van der Waals surface area contributed by atoms with E-state index in [0.717, 1.165) is 18.5 Å². The largest absolute Gasteiger partial charge is 0.459 e. The Hall–Kier alpha value is -2.42. The van der Waals surface area contributed by atoms with Crippen LogP contribution in [-0.2, 0) is 4.74 Å². The van der Waals surface area contributed by atoms with E-state index in [-0.39, 0.29) is 18.0 Å². The molecule has 0 fully saturated rings. The van der Waals surface area contributed by atoms with Gasteiger partial charge in [-0.05, 0) is 49.9 Å². The van der Waals surface area contributed by atoms with Gasteiger partial charge in [-0.3, -0.25) is 4.99 Å². The predicted molar refractivity (Wildman–Crippen MR) is 94.3 cm³/mol. The van der Waals surface area contributed by atoms with Crippen molar-refractivity contribution in [2.45, 2.75) is 32.8 Å². The summed E-state index contributed by atoms with van der Waals surface area (Å²) in [6.45, 7) is 4.05. The Morgan fingerprint density at radius 3 is 2.30 bits per heavy atom. The summed E-state index contributed by atoms with van der Waals surface area (Å²) in [5.41, 5.74) is 1.53. The zero-order valence-corrected chi connectivity index (χ0v) is 13.7. The van der Waals surface area contributed by atoms with Crippen LogP contribution in [0.1, 0.15) is 37.0 Å². The monoisotopic (exact) mass is 309 g/mol. The van der Waals surface area contributed by atoms with Crippen LogP contribution in [0.2, 0.25) is 0 Å². The molecule has 2 aromatic rings. The molecule has 23 heavy (non-hydrogen) atoms. The molecule has 0 saturated carbocycles. The van der Waals surface area contributed by atoms with Gasteiger partial charge in [0.15, 0.2) is 0 Å². The van der Waals surface area contributed by atoms with E-state index in [1.54, 1.807) is 12.1 Å². The molecule has 2 rings (SSSR count). The van der Waals surface area contributed by atoms with Gasteiger partial charge in [0.25, 0.3) is 0 Å². The molecule has 0 amide bonds. The van der Waals surface area contributed by atoms with E-state index in [1.165, 1.54) is 0 Å². The Kier molecular flexibility index (Phi) is 6.55. The van der Waals surface area contributed by atoms with E-state index in [1.807, 2.05) is 61.7 Å². The number of esters is 1. The zero-order chi connectivity index (χ0) is 16.5. The first-order chi connectivity index (χ1) is 11.2. The molecule has 0 aliphatic carbocycles. The van der Waals surface area contributed by atoms with Gasteiger partial charge in [0.1, 0.15) is 0 Å². The third-order valence-electron chi connectivity index (χ3n) is 3.67. The second-order valence-corrected chi connectivity index (χ2v) is 5.60. The van der Waals surface area contributed by atoms with Crippen molar-refractivity contribution in [1.29, 1.82) is 0 Å². The molecule has 0 aliphatic rings. The third kappa shape index (κ3) is 5.70. The van der Waals surface area contributed by atoms with Crippen molar-refractivity contribution in [3.8, 4) is 0 Å². The molecule has 0 N–H and O–H groups in total. The van der Waals surface area contributed by atoms with Crippen LogP contribution in [0.15, 0.2) is 65.7 Å². The number of carbonyl (C=O) groups is 1. The maximum absolute atomic E-state index is 12.0. The van der Waals surface area contributed by atoms with Crippen LogP contribution < -0.4 is 0 Å². The van der Waals surface area contributed by atoms with Gasteiger partial charge in [0.2, 0.25) is 0 Å². The highest BCUT2D eigenvalue weighted by atomic mass is 16.5. The summed E-state index contributed by atoms with van der Waals surface area (Å²) in [6, 6.07) is 19.0. The van der Waals surface area contributed by atoms with E-state index < -0.39 is 0 Å². The smallest absolute Gasteiger partial charge is 0.338 e. The second kappa shape index (κ2) is 8.89. The summed E-state index contributed by atoms with van der Waals surface area (Å²) in [4.78, 5) is 16.6. The minimum Gasteiger partial charge on any atom is -0.459 e. The molecular weight excluding hydrogens is 286 g/mol. The molecule has 2 unspecified atom stereocenters. The van der Waals surface area contributed by atoms with Crippen molar-refractivity contribution >= 4 is 17.9 Å². The number of hydrogen-bond acceptors (Lipinski definition) is 3. The van der Waals surface area contributed by atoms with Crippen LogP contribution in [0.3, 0.4) is 0 Å². The molecule has 2 aromatic carbocycles. The molecule has 2 atom stereocenters. The number of hydrogen-bond donors (Lipinski definition) is 0. The Labute approximate surface area is 138 Å². The second-order valence-electron chi connectivity index (χ2n) is 5.60. The first-order valence-electron chi connectivity index (χ1n) is 8.04. The summed E-state index contributed by atoms with van der Waals surface area (Å²) < 4.78 is 5.52. The molecule has 0 bridgehead atoms. The van der Waals surface area contributed by atoms with Crippen LogP contribution >= 0.6 is 0 Å². The van der Waals surface area contributed by atoms with Crippen molar-refractivity contribution in [1.82, 2.24) is 0 Å². The van der Waals surface area contributed by atoms with Gasteiger partial charge in [-0.1, -0.05) is 43.3 Å². The van der Waals surface area contributed by atoms with Crippen molar-refractivity contribution in [3.05, 3.63) is 66.2 Å². The lowest BCUT2D eigenvalue weighted by molar-refractivity contribution is 0.0307. The van der Waals surface area contributed by atoms with Crippen LogP contribution in [0.5, 0.6) is 0 Å². The topological polar surface area (TPSA) is 38.7 Å². The van der Waals surface area contributed by atoms with Gasteiger partial charge in [-0.25, -0.2) is 4.79 Å². The van der Waals surface area contributed by atoms with Crippen LogP contribution in [0.4, 0.5) is 5.69 Å². The highest BCUT2D eigenvalue weighted by molar-refractivity contribution is 5.89. The van der Waals surface area contributed by atoms with Gasteiger partial charge in [0.05, 0.1) is 17.4 Å². The average molecular weight is 309 g/mol. The average Bonchev–Trinajstić information content (AvgIpc) is 2.60. The van der Waals surface area contributed by atoms with Crippen molar-refractivity contribution in [2.24, 2.45) is 10.9 Å². The number of ether oxygens (including phenoxy) is 1. The fourth-order valence-electron chi connectivity index (χ4n) is 2.34. The summed E-state index contributed by atoms with van der Waals surface area (Å²) in [5.74, 6) is 0.0155. The zero-order valence-electron chi connectivity index (χ0n) is 13.7. The SMILES string of the molecule is CCC(C=Nc1ccccc1)CC(C)OC(=O)c1ccccc1. The van der Waals surface area contributed by atoms with Crippen LogP contribution in [-0.4, -0.2) is 18.3 Å². The molecule has 3 nitrogen and oxygen atoms in total. The van der Waals surface area contributed by atoms with Gasteiger partial charge < -0.3 is 4.74 Å². The number of rotatable bonds is 7. The maximum atomic E-state index is 12.0. The number of benzene rings is 2. The Morgan fingerprint density at radius 1 is 1.09 bits per heavy atom. The van der Waals surface area contributed by atoms with Crippen LogP contribution in [0, 0.1) is 5.92 Å². The Morgan fingerprint density at radius 2 is 1.70 bits per heavy atom. The maximum Gasteiger partial charge on any atom is 0.338 e. The third-order valence-corrected chi connectivity index (χ3v) is 3.67. The first-order valence-corrected chi connectivity index (χ1v) is 8.04. The van der Waals surface area contributed by atoms with Crippen molar-refractivity contribution in [3.63, 3.8) is 0 Å². The molecule has 0 aromatic heterocycles. The van der Waals surface area contributed by atoms with Gasteiger partial charge >= 0.3 is 5.97 Å². The molecule has 0 radical (unpaired) electrons. The summed E-state index contributed by atoms with van der Waals surface area (Å²) in [6.07, 6.45) is 3.55. The molecule has 120 valence electrons. The van der Waals surface area contributed by atoms with Crippen molar-refractivity contribution < 1.29 is 9.53 Å². The van der Waals surface area contributed by atoms with Gasteiger partial charge in [-0.15, -0.1) is 0 Å². The highest BCUT2D eigenvalue weighted by Gasteiger charge is 2.15. The summed E-state index contributed by atoms with van der Waals surface area (Å²) in [7, 11) is 0. The Balaban J connectivity index is 1.88. The van der Waals surface area contributed by atoms with E-state index in [9.17, 15) is 4.79 Å². The fourth-order valence-corrected chi connectivity index (χ4v) is 2.34. The number of nitrogens with zero attached hydrogens (tertiary/aromatic N) is 1. The molecular formula is C20H23NO2. The lowest BCUT2D eigenvalue weighted by atomic mass is 10.0. The molecule has 3 heteroatoms. The standard InChI is InChI=1S/C20H23NO2/c1-3-17(15-21-19-12-8-5-9-13-19)14-16(2)23-20(22)18-10-6-4-7-11-18/h4-13,15-17H,3,14H2,1-2H3. The van der Waals surface area contributed by atoms with Gasteiger partial charge in [0, 0.05) is 6.21 Å². The molecule has 0 spiro atoms. The quantitative estimate of drug-likeness (QED) is 0.530. The number of carbonyl (C=O) groups excluding carboxylic acids is 1. The number of aliphatic imine (C=N–C) groups is 1. The minimum absolute atomic E-state index is 0.144. The van der Waals surface area contributed by atoms with E-state index in [4.69, 9.17) is 4.74 Å². The van der Waals surface area contributed by atoms with Gasteiger partial charge in [-0.2, -0.15) is 0 Å². The molecule has 0 aliphatic heterocycles. The number of para-hydroxylation sites is 1. The highest BCUT2D eigenvalue weighted by Crippen LogP contribution is 2.16. The first kappa shape index (κ1) is 16.9. The lowest BCUT2D eigenvalue weighted by Gasteiger charge is -2.17. The summed E-state index contributed by atoms with van der Waals surface area (Å²) in [5, 5.41) is 0. The summed E-state index contributed by atoms with van der Waals surface area (Å²) >= 11 is 0. The van der Waals surface area contributed by atoms with E-state index >= 15 is 0 Å². The van der Waals surface area contributed by atoms with Crippen molar-refractivity contribution in [2.75, 3.05) is 0 Å². The molecule has 0 saturated heterocycles. The molecule has 0 heterocycles. The normalized spacial score (nSPS) is 13.7. The fraction of sp³-hybridized carbons (Fsp3) is 0.300. The minimum atomic E-state index is -0.270.